The molecule has 0 fully saturated rings. The van der Waals surface area contributed by atoms with Gasteiger partial charge in [-0.05, 0) is 24.6 Å². The van der Waals surface area contributed by atoms with Crippen LogP contribution < -0.4 is 5.73 Å². The first kappa shape index (κ1) is 10.6. The fourth-order valence-corrected chi connectivity index (χ4v) is 1.51. The van der Waals surface area contributed by atoms with E-state index in [9.17, 15) is 8.78 Å². The first-order chi connectivity index (χ1) is 7.54. The molecular weight excluding hydrogens is 212 g/mol. The largest absolute Gasteiger partial charge is 0.382 e. The Morgan fingerprint density at radius 1 is 1.25 bits per heavy atom. The summed E-state index contributed by atoms with van der Waals surface area (Å²) in [6.07, 6.45) is 1.73. The van der Waals surface area contributed by atoms with Crippen molar-refractivity contribution in [2.24, 2.45) is 0 Å². The van der Waals surface area contributed by atoms with Crippen molar-refractivity contribution in [1.29, 1.82) is 0 Å². The normalized spacial score (nSPS) is 10.7. The van der Waals surface area contributed by atoms with Crippen molar-refractivity contribution in [2.75, 3.05) is 5.73 Å². The molecule has 2 rings (SSSR count). The minimum atomic E-state index is -0.591. The Balaban J connectivity index is 2.26. The van der Waals surface area contributed by atoms with Crippen molar-refractivity contribution in [3.8, 4) is 0 Å². The van der Waals surface area contributed by atoms with Gasteiger partial charge in [0.2, 0.25) is 0 Å². The summed E-state index contributed by atoms with van der Waals surface area (Å²) in [6, 6.07) is 3.39. The molecule has 84 valence electrons. The number of aryl methyl sites for hydroxylation is 1. The fourth-order valence-electron chi connectivity index (χ4n) is 1.51. The first-order valence-corrected chi connectivity index (χ1v) is 4.79. The number of nitrogens with zero attached hydrogens (tertiary/aromatic N) is 2. The second-order valence-electron chi connectivity index (χ2n) is 3.67. The van der Waals surface area contributed by atoms with E-state index in [2.05, 4.69) is 5.10 Å². The van der Waals surface area contributed by atoms with Crippen LogP contribution in [0.3, 0.4) is 0 Å². The van der Waals surface area contributed by atoms with E-state index in [1.807, 2.05) is 6.92 Å². The monoisotopic (exact) mass is 223 g/mol. The van der Waals surface area contributed by atoms with Gasteiger partial charge in [-0.1, -0.05) is 0 Å². The van der Waals surface area contributed by atoms with Gasteiger partial charge in [-0.15, -0.1) is 0 Å². The molecule has 5 heteroatoms. The van der Waals surface area contributed by atoms with Gasteiger partial charge in [-0.2, -0.15) is 5.10 Å². The topological polar surface area (TPSA) is 43.8 Å². The maximum Gasteiger partial charge on any atom is 0.148 e. The lowest BCUT2D eigenvalue weighted by atomic mass is 10.2. The molecule has 0 saturated heterocycles. The zero-order valence-electron chi connectivity index (χ0n) is 8.74. The number of nitrogens with two attached hydrogens (primary N) is 1. The molecule has 0 aliphatic carbocycles. The van der Waals surface area contributed by atoms with Crippen LogP contribution in [-0.2, 0) is 6.54 Å². The van der Waals surface area contributed by atoms with E-state index < -0.39 is 11.6 Å². The Labute approximate surface area is 91.5 Å². The molecule has 0 radical (unpaired) electrons. The summed E-state index contributed by atoms with van der Waals surface area (Å²) in [5.41, 5.74) is 6.93. The molecule has 1 aromatic carbocycles. The zero-order valence-corrected chi connectivity index (χ0v) is 8.74. The van der Waals surface area contributed by atoms with Crippen molar-refractivity contribution in [3.63, 3.8) is 0 Å². The maximum absolute atomic E-state index is 12.9. The molecule has 0 aliphatic heterocycles. The highest BCUT2D eigenvalue weighted by molar-refractivity contribution is 5.36. The molecule has 0 saturated carbocycles. The van der Waals surface area contributed by atoms with Crippen LogP contribution >= 0.6 is 0 Å². The van der Waals surface area contributed by atoms with E-state index in [1.165, 1.54) is 12.1 Å². The van der Waals surface area contributed by atoms with Crippen LogP contribution in [0.15, 0.2) is 24.4 Å². The molecule has 2 N–H and O–H groups in total. The predicted molar refractivity (Wildman–Crippen MR) is 56.8 cm³/mol. The molecule has 0 unspecified atom stereocenters. The van der Waals surface area contributed by atoms with Crippen LogP contribution in [0.25, 0.3) is 0 Å². The number of nitrogen functional groups attached to an aromatic ring is 1. The van der Waals surface area contributed by atoms with Gasteiger partial charge >= 0.3 is 0 Å². The highest BCUT2D eigenvalue weighted by Crippen LogP contribution is 2.12. The van der Waals surface area contributed by atoms with Gasteiger partial charge in [-0.25, -0.2) is 8.78 Å². The minimum Gasteiger partial charge on any atom is -0.382 e. The van der Waals surface area contributed by atoms with E-state index in [4.69, 9.17) is 5.73 Å². The zero-order chi connectivity index (χ0) is 11.7. The lowest BCUT2D eigenvalue weighted by molar-refractivity contribution is 0.574. The fraction of sp³-hybridized carbons (Fsp3) is 0.182. The third kappa shape index (κ3) is 2.18. The smallest absolute Gasteiger partial charge is 0.148 e. The highest BCUT2D eigenvalue weighted by Gasteiger charge is 2.04. The van der Waals surface area contributed by atoms with Crippen LogP contribution in [0.1, 0.15) is 11.1 Å². The van der Waals surface area contributed by atoms with Crippen molar-refractivity contribution < 1.29 is 8.78 Å². The minimum absolute atomic E-state index is 0.298. The summed E-state index contributed by atoms with van der Waals surface area (Å²) in [6.45, 7) is 2.12. The van der Waals surface area contributed by atoms with Gasteiger partial charge in [0.15, 0.2) is 0 Å². The van der Waals surface area contributed by atoms with E-state index in [-0.39, 0.29) is 0 Å². The number of rotatable bonds is 2. The molecule has 16 heavy (non-hydrogen) atoms. The van der Waals surface area contributed by atoms with Crippen molar-refractivity contribution in [2.45, 2.75) is 13.5 Å². The van der Waals surface area contributed by atoms with Gasteiger partial charge in [-0.3, -0.25) is 4.68 Å². The quantitative estimate of drug-likeness (QED) is 0.847. The standard InChI is InChI=1S/C11H11F2N3/c1-7-5-16(15-11(7)14)6-8-2-9(12)4-10(13)3-8/h2-5H,6H2,1H3,(H2,14,15). The Morgan fingerprint density at radius 2 is 1.88 bits per heavy atom. The number of halogens is 2. The number of anilines is 1. The molecule has 1 heterocycles. The summed E-state index contributed by atoms with van der Waals surface area (Å²) in [4.78, 5) is 0. The Bertz CT molecular complexity index is 480. The molecule has 1 aromatic heterocycles. The summed E-state index contributed by atoms with van der Waals surface area (Å²) in [5, 5.41) is 4.01. The third-order valence-corrected chi connectivity index (χ3v) is 2.25. The van der Waals surface area contributed by atoms with Crippen LogP contribution in [-0.4, -0.2) is 9.78 Å². The molecule has 0 amide bonds. The molecule has 2 aromatic rings. The summed E-state index contributed by atoms with van der Waals surface area (Å²) in [7, 11) is 0. The molecule has 0 bridgehead atoms. The molecular formula is C11H11F2N3. The summed E-state index contributed by atoms with van der Waals surface area (Å²) in [5.74, 6) is -0.754. The van der Waals surface area contributed by atoms with Gasteiger partial charge in [0.25, 0.3) is 0 Å². The van der Waals surface area contributed by atoms with Crippen molar-refractivity contribution in [1.82, 2.24) is 9.78 Å². The molecule has 0 aliphatic rings. The third-order valence-electron chi connectivity index (χ3n) is 2.25. The first-order valence-electron chi connectivity index (χ1n) is 4.79. The van der Waals surface area contributed by atoms with Gasteiger partial charge in [0.05, 0.1) is 6.54 Å². The van der Waals surface area contributed by atoms with Crippen LogP contribution in [0, 0.1) is 18.6 Å². The van der Waals surface area contributed by atoms with Crippen molar-refractivity contribution in [3.05, 3.63) is 47.2 Å². The average Bonchev–Trinajstić information content (AvgIpc) is 2.43. The van der Waals surface area contributed by atoms with Crippen molar-refractivity contribution >= 4 is 5.82 Å². The second kappa shape index (κ2) is 3.92. The SMILES string of the molecule is Cc1cn(Cc2cc(F)cc(F)c2)nc1N. The van der Waals surface area contributed by atoms with E-state index in [1.54, 1.807) is 10.9 Å². The van der Waals surface area contributed by atoms with Gasteiger partial charge in [0, 0.05) is 17.8 Å². The Morgan fingerprint density at radius 3 is 2.38 bits per heavy atom. The second-order valence-corrected chi connectivity index (χ2v) is 3.67. The lowest BCUT2D eigenvalue weighted by Crippen LogP contribution is -2.02. The number of hydrogen-bond acceptors (Lipinski definition) is 2. The van der Waals surface area contributed by atoms with Crippen LogP contribution in [0.4, 0.5) is 14.6 Å². The molecule has 0 atom stereocenters. The van der Waals surface area contributed by atoms with Gasteiger partial charge < -0.3 is 5.73 Å². The lowest BCUT2D eigenvalue weighted by Gasteiger charge is -2.02. The Hall–Kier alpha value is -1.91. The van der Waals surface area contributed by atoms with Crippen LogP contribution in [0.2, 0.25) is 0 Å². The number of hydrogen-bond donors (Lipinski definition) is 1. The van der Waals surface area contributed by atoms with E-state index in [0.717, 1.165) is 11.6 Å². The van der Waals surface area contributed by atoms with E-state index >= 15 is 0 Å². The molecule has 3 nitrogen and oxygen atoms in total. The van der Waals surface area contributed by atoms with E-state index in [0.29, 0.717) is 17.9 Å². The Kier molecular flexibility index (Phi) is 2.60. The molecule has 0 spiro atoms. The maximum atomic E-state index is 12.9. The summed E-state index contributed by atoms with van der Waals surface area (Å²) >= 11 is 0. The highest BCUT2D eigenvalue weighted by atomic mass is 19.1. The number of benzene rings is 1. The predicted octanol–water partition coefficient (Wildman–Crippen LogP) is 2.10. The average molecular weight is 223 g/mol. The number of aromatic nitrogens is 2. The van der Waals surface area contributed by atoms with Crippen LogP contribution in [0.5, 0.6) is 0 Å². The summed E-state index contributed by atoms with van der Waals surface area (Å²) < 4.78 is 27.4. The van der Waals surface area contributed by atoms with Gasteiger partial charge in [0.1, 0.15) is 17.5 Å².